The minimum Gasteiger partial charge on any atom is -0.426 e. The van der Waals surface area contributed by atoms with E-state index >= 15 is 0 Å². The molecular formula is C21H19F2N3O4. The number of rotatable bonds is 2. The molecule has 9 heteroatoms. The third-order valence-electron chi connectivity index (χ3n) is 5.23. The molecule has 0 saturated carbocycles. The van der Waals surface area contributed by atoms with Crippen molar-refractivity contribution in [2.75, 3.05) is 29.9 Å². The molecule has 2 heterocycles. The van der Waals surface area contributed by atoms with Gasteiger partial charge < -0.3 is 19.9 Å². The summed E-state index contributed by atoms with van der Waals surface area (Å²) in [6.07, 6.45) is 0.183. The van der Waals surface area contributed by atoms with Gasteiger partial charge in [-0.1, -0.05) is 6.07 Å². The van der Waals surface area contributed by atoms with Crippen molar-refractivity contribution in [3.63, 3.8) is 0 Å². The van der Waals surface area contributed by atoms with Crippen LogP contribution in [0.1, 0.15) is 12.5 Å². The highest BCUT2D eigenvalue weighted by Gasteiger charge is 2.31. The quantitative estimate of drug-likeness (QED) is 0.462. The van der Waals surface area contributed by atoms with Crippen molar-refractivity contribution in [2.24, 2.45) is 0 Å². The second-order valence-corrected chi connectivity index (χ2v) is 7.32. The summed E-state index contributed by atoms with van der Waals surface area (Å²) in [6.45, 7) is 2.73. The zero-order valence-corrected chi connectivity index (χ0v) is 16.2. The zero-order valence-electron chi connectivity index (χ0n) is 16.2. The molecule has 0 aromatic heterocycles. The number of halogens is 2. The van der Waals surface area contributed by atoms with E-state index in [9.17, 15) is 23.2 Å². The van der Waals surface area contributed by atoms with Gasteiger partial charge in [-0.05, 0) is 25.1 Å². The number of fused-ring (bicyclic) bond motifs is 1. The topological polar surface area (TPSA) is 79.0 Å². The van der Waals surface area contributed by atoms with E-state index < -0.39 is 23.4 Å². The molecule has 0 unspecified atom stereocenters. The zero-order chi connectivity index (χ0) is 21.4. The standard InChI is InChI=1S/C21H19F2N3O4/c1-12-11-25(6-7-26(12)15-4-5-16(22)17(23)10-15)21(29)20(28)24-14-3-2-13-8-19(27)30-18(13)9-14/h2-5,9-10,12H,6-8,11H2,1H3,(H,24,28)/t12-/m1/s1. The fourth-order valence-electron chi connectivity index (χ4n) is 3.71. The molecule has 4 rings (SSSR count). The first-order valence-electron chi connectivity index (χ1n) is 9.47. The molecule has 0 bridgehead atoms. The Kier molecular flexibility index (Phi) is 5.11. The Balaban J connectivity index is 1.38. The van der Waals surface area contributed by atoms with Crippen LogP contribution in [0.5, 0.6) is 5.75 Å². The number of carbonyl (C=O) groups excluding carboxylic acids is 3. The second kappa shape index (κ2) is 7.74. The van der Waals surface area contributed by atoms with Crippen molar-refractivity contribution in [3.8, 4) is 5.75 Å². The minimum absolute atomic E-state index is 0.183. The van der Waals surface area contributed by atoms with E-state index in [1.54, 1.807) is 12.1 Å². The predicted octanol–water partition coefficient (Wildman–Crippen LogP) is 2.10. The van der Waals surface area contributed by atoms with Gasteiger partial charge in [0.05, 0.1) is 6.42 Å². The molecule has 2 aliphatic heterocycles. The second-order valence-electron chi connectivity index (χ2n) is 7.32. The smallest absolute Gasteiger partial charge is 0.315 e. The molecule has 0 aliphatic carbocycles. The number of nitrogens with zero attached hydrogens (tertiary/aromatic N) is 2. The van der Waals surface area contributed by atoms with E-state index in [2.05, 4.69) is 5.32 Å². The molecule has 2 aliphatic rings. The summed E-state index contributed by atoms with van der Waals surface area (Å²) in [7, 11) is 0. The van der Waals surface area contributed by atoms with Crippen LogP contribution in [0, 0.1) is 11.6 Å². The van der Waals surface area contributed by atoms with E-state index in [0.717, 1.165) is 17.7 Å². The third-order valence-corrected chi connectivity index (χ3v) is 5.23. The average Bonchev–Trinajstić information content (AvgIpc) is 3.08. The molecule has 2 amide bonds. The lowest BCUT2D eigenvalue weighted by Crippen LogP contribution is -2.55. The van der Waals surface area contributed by atoms with Crippen molar-refractivity contribution in [1.29, 1.82) is 0 Å². The number of amides is 2. The summed E-state index contributed by atoms with van der Waals surface area (Å²) in [5.41, 5.74) is 1.60. The maximum Gasteiger partial charge on any atom is 0.315 e. The van der Waals surface area contributed by atoms with Crippen LogP contribution in [0.3, 0.4) is 0 Å². The van der Waals surface area contributed by atoms with Gasteiger partial charge in [0.2, 0.25) is 0 Å². The van der Waals surface area contributed by atoms with E-state index in [1.807, 2.05) is 11.8 Å². The fourth-order valence-corrected chi connectivity index (χ4v) is 3.71. The molecule has 156 valence electrons. The number of carbonyl (C=O) groups is 3. The van der Waals surface area contributed by atoms with Gasteiger partial charge in [0.1, 0.15) is 5.75 Å². The molecular weight excluding hydrogens is 396 g/mol. The summed E-state index contributed by atoms with van der Waals surface area (Å²) in [5, 5.41) is 2.53. The summed E-state index contributed by atoms with van der Waals surface area (Å²) in [6, 6.07) is 8.26. The molecule has 1 fully saturated rings. The molecule has 1 N–H and O–H groups in total. The monoisotopic (exact) mass is 415 g/mol. The Labute approximate surface area is 171 Å². The molecule has 30 heavy (non-hydrogen) atoms. The Bertz CT molecular complexity index is 1040. The number of hydrogen-bond acceptors (Lipinski definition) is 5. The average molecular weight is 415 g/mol. The first-order chi connectivity index (χ1) is 14.3. The number of hydrogen-bond donors (Lipinski definition) is 1. The van der Waals surface area contributed by atoms with Gasteiger partial charge in [0, 0.05) is 54.7 Å². The first kappa shape index (κ1) is 19.8. The lowest BCUT2D eigenvalue weighted by atomic mass is 10.1. The lowest BCUT2D eigenvalue weighted by Gasteiger charge is -2.41. The number of ether oxygens (including phenoxy) is 1. The molecule has 2 aromatic rings. The molecule has 2 aromatic carbocycles. The molecule has 7 nitrogen and oxygen atoms in total. The van der Waals surface area contributed by atoms with Gasteiger partial charge in [-0.25, -0.2) is 8.78 Å². The maximum atomic E-state index is 13.5. The van der Waals surface area contributed by atoms with E-state index in [-0.39, 0.29) is 31.5 Å². The molecule has 1 saturated heterocycles. The van der Waals surface area contributed by atoms with Crippen LogP contribution in [0.25, 0.3) is 0 Å². The van der Waals surface area contributed by atoms with Crippen LogP contribution in [0.15, 0.2) is 36.4 Å². The third kappa shape index (κ3) is 3.83. The van der Waals surface area contributed by atoms with Gasteiger partial charge in [-0.3, -0.25) is 14.4 Å². The maximum absolute atomic E-state index is 13.5. The van der Waals surface area contributed by atoms with Crippen LogP contribution in [0.2, 0.25) is 0 Å². The van der Waals surface area contributed by atoms with Crippen molar-refractivity contribution in [3.05, 3.63) is 53.6 Å². The summed E-state index contributed by atoms with van der Waals surface area (Å²) in [4.78, 5) is 39.6. The summed E-state index contributed by atoms with van der Waals surface area (Å²) in [5.74, 6) is -3.33. The van der Waals surface area contributed by atoms with Crippen LogP contribution in [0.4, 0.5) is 20.2 Å². The summed E-state index contributed by atoms with van der Waals surface area (Å²) < 4.78 is 31.8. The number of anilines is 2. The van der Waals surface area contributed by atoms with Crippen molar-refractivity contribution in [2.45, 2.75) is 19.4 Å². The van der Waals surface area contributed by atoms with Gasteiger partial charge in [0.15, 0.2) is 11.6 Å². The Morgan fingerprint density at radius 2 is 1.90 bits per heavy atom. The van der Waals surface area contributed by atoms with E-state index in [1.165, 1.54) is 17.0 Å². The van der Waals surface area contributed by atoms with Crippen LogP contribution >= 0.6 is 0 Å². The highest BCUT2D eigenvalue weighted by atomic mass is 19.2. The molecule has 1 atom stereocenters. The van der Waals surface area contributed by atoms with Gasteiger partial charge in [-0.2, -0.15) is 0 Å². The Hall–Kier alpha value is -3.49. The van der Waals surface area contributed by atoms with Crippen molar-refractivity contribution in [1.82, 2.24) is 4.90 Å². The van der Waals surface area contributed by atoms with Crippen LogP contribution in [-0.4, -0.2) is 48.4 Å². The lowest BCUT2D eigenvalue weighted by molar-refractivity contribution is -0.143. The van der Waals surface area contributed by atoms with Crippen molar-refractivity contribution >= 4 is 29.2 Å². The number of esters is 1. The van der Waals surface area contributed by atoms with Gasteiger partial charge in [0.25, 0.3) is 0 Å². The van der Waals surface area contributed by atoms with Crippen LogP contribution < -0.4 is 15.0 Å². The fraction of sp³-hybridized carbons (Fsp3) is 0.286. The highest BCUT2D eigenvalue weighted by molar-refractivity contribution is 6.39. The van der Waals surface area contributed by atoms with Gasteiger partial charge in [-0.15, -0.1) is 0 Å². The number of piperazine rings is 1. The first-order valence-corrected chi connectivity index (χ1v) is 9.47. The number of nitrogens with one attached hydrogen (secondary N) is 1. The Morgan fingerprint density at radius 3 is 2.63 bits per heavy atom. The van der Waals surface area contributed by atoms with Crippen LogP contribution in [-0.2, 0) is 20.8 Å². The molecule has 0 spiro atoms. The normalized spacial score (nSPS) is 18.1. The summed E-state index contributed by atoms with van der Waals surface area (Å²) >= 11 is 0. The largest absolute Gasteiger partial charge is 0.426 e. The van der Waals surface area contributed by atoms with Gasteiger partial charge >= 0.3 is 17.8 Å². The van der Waals surface area contributed by atoms with E-state index in [0.29, 0.717) is 23.7 Å². The van der Waals surface area contributed by atoms with E-state index in [4.69, 9.17) is 4.74 Å². The Morgan fingerprint density at radius 1 is 1.10 bits per heavy atom. The van der Waals surface area contributed by atoms with Crippen molar-refractivity contribution < 1.29 is 27.9 Å². The SMILES string of the molecule is C[C@@H]1CN(C(=O)C(=O)Nc2ccc3c(c2)OC(=O)C3)CCN1c1ccc(F)c(F)c1. The highest BCUT2D eigenvalue weighted by Crippen LogP contribution is 2.29. The predicted molar refractivity (Wildman–Crippen MR) is 104 cm³/mol. The molecule has 0 radical (unpaired) electrons. The minimum atomic E-state index is -0.933. The number of benzene rings is 2.